The molecule has 1 aliphatic heterocycles. The van der Waals surface area contributed by atoms with Crippen LogP contribution in [0.25, 0.3) is 0 Å². The minimum atomic E-state index is -0.488. The molecule has 1 atom stereocenters. The maximum atomic E-state index is 12.6. The highest BCUT2D eigenvalue weighted by molar-refractivity contribution is 5.92. The molecule has 6 heteroatoms. The summed E-state index contributed by atoms with van der Waals surface area (Å²) in [6, 6.07) is 11.4. The number of amides is 1. The number of carbonyl (C=O) groups excluding carboxylic acids is 1. The van der Waals surface area contributed by atoms with Gasteiger partial charge in [-0.2, -0.15) is 5.10 Å². The van der Waals surface area contributed by atoms with Gasteiger partial charge in [-0.25, -0.2) is 0 Å². The quantitative estimate of drug-likeness (QED) is 0.843. The Bertz CT molecular complexity index is 686. The van der Waals surface area contributed by atoms with Gasteiger partial charge in [-0.05, 0) is 31.0 Å². The van der Waals surface area contributed by atoms with Crippen molar-refractivity contribution < 1.29 is 14.3 Å². The van der Waals surface area contributed by atoms with Crippen molar-refractivity contribution in [3.8, 4) is 5.75 Å². The summed E-state index contributed by atoms with van der Waals surface area (Å²) in [7, 11) is 3.49. The maximum absolute atomic E-state index is 12.6. The van der Waals surface area contributed by atoms with Gasteiger partial charge in [-0.3, -0.25) is 9.48 Å². The average Bonchev–Trinajstić information content (AvgIpc) is 3.07. The topological polar surface area (TPSA) is 56.6 Å². The summed E-state index contributed by atoms with van der Waals surface area (Å²) in [5, 5.41) is 4.21. The van der Waals surface area contributed by atoms with E-state index in [4.69, 9.17) is 9.47 Å². The van der Waals surface area contributed by atoms with Crippen molar-refractivity contribution in [1.82, 2.24) is 14.7 Å². The van der Waals surface area contributed by atoms with Crippen molar-refractivity contribution in [2.75, 3.05) is 26.8 Å². The molecule has 1 unspecified atom stereocenters. The van der Waals surface area contributed by atoms with Crippen LogP contribution in [0.5, 0.6) is 5.75 Å². The van der Waals surface area contributed by atoms with Crippen molar-refractivity contribution in [2.45, 2.75) is 18.4 Å². The average molecular weight is 329 g/mol. The lowest BCUT2D eigenvalue weighted by molar-refractivity contribution is -0.0825. The number of piperidine rings is 1. The summed E-state index contributed by atoms with van der Waals surface area (Å²) in [6.07, 6.45) is 3.52. The van der Waals surface area contributed by atoms with Gasteiger partial charge in [0.2, 0.25) is 0 Å². The van der Waals surface area contributed by atoms with Gasteiger partial charge in [0.05, 0.1) is 6.54 Å². The van der Waals surface area contributed by atoms with E-state index in [1.165, 1.54) is 0 Å². The highest BCUT2D eigenvalue weighted by atomic mass is 16.5. The van der Waals surface area contributed by atoms with E-state index in [0.717, 1.165) is 18.6 Å². The molecule has 0 N–H and O–H groups in total. The summed E-state index contributed by atoms with van der Waals surface area (Å²) in [5.41, 5.74) is -0.0215. The first-order chi connectivity index (χ1) is 11.6. The summed E-state index contributed by atoms with van der Waals surface area (Å²) in [5.74, 6) is 0.749. The second kappa shape index (κ2) is 7.05. The van der Waals surface area contributed by atoms with E-state index in [-0.39, 0.29) is 5.91 Å². The standard InChI is InChI=1S/C18H23N3O3/c1-20-12-9-16(19-20)17(22)21-11-6-10-18(13-21,23-2)14-24-15-7-4-3-5-8-15/h3-5,7-9,12H,6,10-11,13-14H2,1-2H3. The SMILES string of the molecule is COC1(COc2ccccc2)CCCN(C(=O)c2ccn(C)n2)C1. The van der Waals surface area contributed by atoms with Crippen LogP contribution in [0.4, 0.5) is 0 Å². The van der Waals surface area contributed by atoms with Gasteiger partial charge >= 0.3 is 0 Å². The van der Waals surface area contributed by atoms with Crippen LogP contribution >= 0.6 is 0 Å². The number of ether oxygens (including phenoxy) is 2. The maximum Gasteiger partial charge on any atom is 0.274 e. The number of hydrogen-bond donors (Lipinski definition) is 0. The van der Waals surface area contributed by atoms with Crippen molar-refractivity contribution in [3.63, 3.8) is 0 Å². The molecule has 0 saturated carbocycles. The van der Waals surface area contributed by atoms with Gasteiger partial charge in [0.25, 0.3) is 5.91 Å². The molecular weight excluding hydrogens is 306 g/mol. The normalized spacial score (nSPS) is 20.8. The Labute approximate surface area is 142 Å². The Morgan fingerprint density at radius 2 is 2.08 bits per heavy atom. The van der Waals surface area contributed by atoms with Gasteiger partial charge in [0, 0.05) is 26.9 Å². The number of aromatic nitrogens is 2. The molecule has 2 aromatic rings. The van der Waals surface area contributed by atoms with E-state index in [9.17, 15) is 4.79 Å². The fraction of sp³-hybridized carbons (Fsp3) is 0.444. The number of likely N-dealkylation sites (tertiary alicyclic amines) is 1. The largest absolute Gasteiger partial charge is 0.491 e. The fourth-order valence-electron chi connectivity index (χ4n) is 3.04. The van der Waals surface area contributed by atoms with E-state index in [1.54, 1.807) is 31.1 Å². The molecule has 6 nitrogen and oxygen atoms in total. The monoisotopic (exact) mass is 329 g/mol. The fourth-order valence-corrected chi connectivity index (χ4v) is 3.04. The van der Waals surface area contributed by atoms with Gasteiger partial charge in [0.15, 0.2) is 0 Å². The van der Waals surface area contributed by atoms with Crippen LogP contribution in [-0.4, -0.2) is 53.0 Å². The van der Waals surface area contributed by atoms with Crippen LogP contribution in [-0.2, 0) is 11.8 Å². The Hall–Kier alpha value is -2.34. The predicted octanol–water partition coefficient (Wildman–Crippen LogP) is 2.12. The number of para-hydroxylation sites is 1. The van der Waals surface area contributed by atoms with Crippen LogP contribution in [0.2, 0.25) is 0 Å². The van der Waals surface area contributed by atoms with E-state index in [2.05, 4.69) is 5.10 Å². The lowest BCUT2D eigenvalue weighted by Gasteiger charge is -2.41. The van der Waals surface area contributed by atoms with Gasteiger partial charge in [-0.15, -0.1) is 0 Å². The van der Waals surface area contributed by atoms with Gasteiger partial charge in [0.1, 0.15) is 23.7 Å². The zero-order valence-corrected chi connectivity index (χ0v) is 14.1. The lowest BCUT2D eigenvalue weighted by Crippen LogP contribution is -2.54. The molecule has 1 aliphatic rings. The van der Waals surface area contributed by atoms with Crippen LogP contribution in [0.15, 0.2) is 42.6 Å². The van der Waals surface area contributed by atoms with E-state index in [0.29, 0.717) is 25.4 Å². The van der Waals surface area contributed by atoms with Crippen molar-refractivity contribution in [3.05, 3.63) is 48.3 Å². The Morgan fingerprint density at radius 3 is 2.75 bits per heavy atom. The second-order valence-electron chi connectivity index (χ2n) is 6.19. The Kier molecular flexibility index (Phi) is 4.85. The Morgan fingerprint density at radius 1 is 1.29 bits per heavy atom. The number of benzene rings is 1. The molecule has 1 fully saturated rings. The first-order valence-electron chi connectivity index (χ1n) is 8.14. The third-order valence-corrected chi connectivity index (χ3v) is 4.44. The Balaban J connectivity index is 1.68. The molecular formula is C18H23N3O3. The molecule has 24 heavy (non-hydrogen) atoms. The molecule has 2 heterocycles. The number of methoxy groups -OCH3 is 1. The van der Waals surface area contributed by atoms with E-state index in [1.807, 2.05) is 35.2 Å². The van der Waals surface area contributed by atoms with Crippen LogP contribution in [0, 0.1) is 0 Å². The molecule has 0 spiro atoms. The van der Waals surface area contributed by atoms with Crippen molar-refractivity contribution >= 4 is 5.91 Å². The molecule has 0 radical (unpaired) electrons. The highest BCUT2D eigenvalue weighted by Crippen LogP contribution is 2.27. The molecule has 1 aromatic carbocycles. The number of hydrogen-bond acceptors (Lipinski definition) is 4. The summed E-state index contributed by atoms with van der Waals surface area (Å²) in [4.78, 5) is 14.5. The van der Waals surface area contributed by atoms with Crippen LogP contribution in [0.3, 0.4) is 0 Å². The number of carbonyl (C=O) groups is 1. The summed E-state index contributed by atoms with van der Waals surface area (Å²) in [6.45, 7) is 1.64. The van der Waals surface area contributed by atoms with Crippen LogP contribution in [0.1, 0.15) is 23.3 Å². The third kappa shape index (κ3) is 3.59. The third-order valence-electron chi connectivity index (χ3n) is 4.44. The van der Waals surface area contributed by atoms with Crippen molar-refractivity contribution in [1.29, 1.82) is 0 Å². The molecule has 3 rings (SSSR count). The lowest BCUT2D eigenvalue weighted by atomic mass is 9.93. The minimum Gasteiger partial charge on any atom is -0.491 e. The van der Waals surface area contributed by atoms with E-state index >= 15 is 0 Å². The first kappa shape index (κ1) is 16.5. The summed E-state index contributed by atoms with van der Waals surface area (Å²) >= 11 is 0. The summed E-state index contributed by atoms with van der Waals surface area (Å²) < 4.78 is 13.3. The smallest absolute Gasteiger partial charge is 0.274 e. The van der Waals surface area contributed by atoms with Crippen LogP contribution < -0.4 is 4.74 Å². The highest BCUT2D eigenvalue weighted by Gasteiger charge is 2.38. The predicted molar refractivity (Wildman–Crippen MR) is 90.0 cm³/mol. The molecule has 1 amide bonds. The first-order valence-corrected chi connectivity index (χ1v) is 8.14. The number of nitrogens with zero attached hydrogens (tertiary/aromatic N) is 3. The minimum absolute atomic E-state index is 0.0589. The molecule has 0 bridgehead atoms. The number of rotatable bonds is 5. The zero-order chi connectivity index (χ0) is 17.0. The molecule has 1 saturated heterocycles. The van der Waals surface area contributed by atoms with Gasteiger partial charge < -0.3 is 14.4 Å². The second-order valence-corrected chi connectivity index (χ2v) is 6.19. The molecule has 0 aliphatic carbocycles. The van der Waals surface area contributed by atoms with Gasteiger partial charge in [-0.1, -0.05) is 18.2 Å². The molecule has 1 aromatic heterocycles. The zero-order valence-electron chi connectivity index (χ0n) is 14.1. The van der Waals surface area contributed by atoms with Crippen molar-refractivity contribution in [2.24, 2.45) is 7.05 Å². The van der Waals surface area contributed by atoms with E-state index < -0.39 is 5.60 Å². The molecule has 128 valence electrons. The number of aryl methyl sites for hydroxylation is 1.